The number of benzene rings is 2. The van der Waals surface area contributed by atoms with E-state index in [1.165, 1.54) is 4.90 Å². The topological polar surface area (TPSA) is 76.1 Å². The molecule has 0 unspecified atom stereocenters. The van der Waals surface area contributed by atoms with Gasteiger partial charge in [0.25, 0.3) is 0 Å². The molecule has 1 amide bonds. The Balaban J connectivity index is 1.69. The molecule has 1 heterocycles. The van der Waals surface area contributed by atoms with Crippen molar-refractivity contribution < 1.29 is 24.2 Å². The zero-order chi connectivity index (χ0) is 21.0. The van der Waals surface area contributed by atoms with E-state index in [0.717, 1.165) is 16.7 Å². The first-order valence-corrected chi connectivity index (χ1v) is 9.72. The van der Waals surface area contributed by atoms with Crippen molar-refractivity contribution in [3.63, 3.8) is 0 Å². The molecule has 6 nitrogen and oxygen atoms in total. The molecule has 154 valence electrons. The van der Waals surface area contributed by atoms with Crippen LogP contribution in [0.3, 0.4) is 0 Å². The van der Waals surface area contributed by atoms with Crippen LogP contribution in [0.15, 0.2) is 54.6 Å². The molecule has 1 N–H and O–H groups in total. The Labute approximate surface area is 171 Å². The van der Waals surface area contributed by atoms with Gasteiger partial charge in [0.15, 0.2) is 0 Å². The predicted molar refractivity (Wildman–Crippen MR) is 109 cm³/mol. The van der Waals surface area contributed by atoms with Gasteiger partial charge in [-0.15, -0.1) is 0 Å². The number of carbonyl (C=O) groups excluding carboxylic acids is 1. The Hall–Kier alpha value is -2.86. The van der Waals surface area contributed by atoms with Gasteiger partial charge in [0, 0.05) is 6.42 Å². The predicted octanol–water partition coefficient (Wildman–Crippen LogP) is 4.33. The van der Waals surface area contributed by atoms with E-state index in [2.05, 4.69) is 0 Å². The van der Waals surface area contributed by atoms with Crippen LogP contribution >= 0.6 is 0 Å². The summed E-state index contributed by atoms with van der Waals surface area (Å²) in [6, 6.07) is 17.0. The molecule has 1 aliphatic rings. The highest BCUT2D eigenvalue weighted by molar-refractivity contribution is 5.81. The number of hydrogen-bond donors (Lipinski definition) is 1. The number of carboxylic acid groups (broad SMARTS) is 1. The third-order valence-electron chi connectivity index (χ3n) is 4.75. The minimum absolute atomic E-state index is 0.194. The van der Waals surface area contributed by atoms with E-state index in [1.54, 1.807) is 20.8 Å². The van der Waals surface area contributed by atoms with Crippen LogP contribution in [0.25, 0.3) is 11.1 Å². The molecular formula is C23H27NO5. The number of hydrogen-bond acceptors (Lipinski definition) is 4. The Kier molecular flexibility index (Phi) is 6.23. The molecule has 0 aliphatic carbocycles. The van der Waals surface area contributed by atoms with Crippen molar-refractivity contribution in [2.24, 2.45) is 0 Å². The highest BCUT2D eigenvalue weighted by Gasteiger charge is 2.42. The van der Waals surface area contributed by atoms with E-state index in [0.29, 0.717) is 6.61 Å². The molecule has 0 aromatic heterocycles. The van der Waals surface area contributed by atoms with Crippen molar-refractivity contribution in [3.8, 4) is 11.1 Å². The van der Waals surface area contributed by atoms with E-state index < -0.39 is 23.7 Å². The average Bonchev–Trinajstić information content (AvgIpc) is 3.11. The number of nitrogens with zero attached hydrogens (tertiary/aromatic N) is 1. The van der Waals surface area contributed by atoms with Crippen molar-refractivity contribution in [1.82, 2.24) is 4.90 Å². The summed E-state index contributed by atoms with van der Waals surface area (Å²) in [5.41, 5.74) is 2.50. The quantitative estimate of drug-likeness (QED) is 0.813. The van der Waals surface area contributed by atoms with Crippen molar-refractivity contribution >= 4 is 12.1 Å². The molecular weight excluding hydrogens is 370 g/mol. The lowest BCUT2D eigenvalue weighted by atomic mass is 10.0. The second-order valence-corrected chi connectivity index (χ2v) is 8.18. The van der Waals surface area contributed by atoms with Crippen LogP contribution in [0.4, 0.5) is 4.79 Å². The summed E-state index contributed by atoms with van der Waals surface area (Å²) in [5, 5.41) is 9.52. The third kappa shape index (κ3) is 5.35. The van der Waals surface area contributed by atoms with Crippen molar-refractivity contribution in [2.45, 2.75) is 51.5 Å². The fraction of sp³-hybridized carbons (Fsp3) is 0.391. The minimum Gasteiger partial charge on any atom is -0.480 e. The average molecular weight is 397 g/mol. The molecule has 3 rings (SSSR count). The van der Waals surface area contributed by atoms with Gasteiger partial charge in [-0.1, -0.05) is 54.6 Å². The molecule has 0 spiro atoms. The summed E-state index contributed by atoms with van der Waals surface area (Å²) in [6.45, 7) is 5.80. The van der Waals surface area contributed by atoms with E-state index in [1.807, 2.05) is 54.6 Å². The maximum atomic E-state index is 12.4. The molecule has 29 heavy (non-hydrogen) atoms. The lowest BCUT2D eigenvalue weighted by Crippen LogP contribution is -2.43. The van der Waals surface area contributed by atoms with Gasteiger partial charge in [0.2, 0.25) is 0 Å². The number of aliphatic carboxylic acids is 1. The maximum Gasteiger partial charge on any atom is 0.411 e. The van der Waals surface area contributed by atoms with Crippen molar-refractivity contribution in [3.05, 3.63) is 60.2 Å². The number of rotatable bonds is 5. The van der Waals surface area contributed by atoms with Gasteiger partial charge in [0.1, 0.15) is 11.6 Å². The van der Waals surface area contributed by atoms with E-state index in [-0.39, 0.29) is 19.1 Å². The minimum atomic E-state index is -1.05. The molecule has 2 aromatic carbocycles. The van der Waals surface area contributed by atoms with Crippen LogP contribution in [0.1, 0.15) is 32.8 Å². The number of carbonyl (C=O) groups is 2. The fourth-order valence-electron chi connectivity index (χ4n) is 3.43. The van der Waals surface area contributed by atoms with Gasteiger partial charge in [-0.25, -0.2) is 9.59 Å². The van der Waals surface area contributed by atoms with E-state index in [4.69, 9.17) is 9.47 Å². The first kappa shape index (κ1) is 20.9. The second kappa shape index (κ2) is 8.66. The Bertz CT molecular complexity index is 859. The van der Waals surface area contributed by atoms with Gasteiger partial charge in [-0.3, -0.25) is 4.90 Å². The SMILES string of the molecule is CC(C)(C)OC(=O)N1C[C@H](OCc2ccccc2-c2ccccc2)C[C@H]1C(=O)O. The summed E-state index contributed by atoms with van der Waals surface area (Å²) in [7, 11) is 0. The van der Waals surface area contributed by atoms with Crippen LogP contribution in [-0.2, 0) is 20.9 Å². The summed E-state index contributed by atoms with van der Waals surface area (Å²) in [4.78, 5) is 25.3. The van der Waals surface area contributed by atoms with Gasteiger partial charge in [-0.2, -0.15) is 0 Å². The molecule has 0 saturated carbocycles. The molecule has 0 bridgehead atoms. The summed E-state index contributed by atoms with van der Waals surface area (Å²) in [6.07, 6.45) is -0.754. The van der Waals surface area contributed by atoms with Crippen LogP contribution in [0.5, 0.6) is 0 Å². The largest absolute Gasteiger partial charge is 0.480 e. The van der Waals surface area contributed by atoms with E-state index >= 15 is 0 Å². The molecule has 2 aromatic rings. The van der Waals surface area contributed by atoms with Crippen molar-refractivity contribution in [1.29, 1.82) is 0 Å². The number of amides is 1. The summed E-state index contributed by atoms with van der Waals surface area (Å²) >= 11 is 0. The molecule has 6 heteroatoms. The zero-order valence-electron chi connectivity index (χ0n) is 17.0. The lowest BCUT2D eigenvalue weighted by molar-refractivity contribution is -0.142. The van der Waals surface area contributed by atoms with Crippen LogP contribution in [-0.4, -0.2) is 46.4 Å². The monoisotopic (exact) mass is 397 g/mol. The Morgan fingerprint density at radius 1 is 1.07 bits per heavy atom. The smallest absolute Gasteiger partial charge is 0.411 e. The molecule has 1 aliphatic heterocycles. The van der Waals surface area contributed by atoms with Gasteiger partial charge in [0.05, 0.1) is 19.3 Å². The first-order valence-electron chi connectivity index (χ1n) is 9.72. The molecule has 1 fully saturated rings. The summed E-state index contributed by atoms with van der Waals surface area (Å²) < 4.78 is 11.4. The van der Waals surface area contributed by atoms with Gasteiger partial charge < -0.3 is 14.6 Å². The van der Waals surface area contributed by atoms with Crippen LogP contribution in [0, 0.1) is 0 Å². The standard InChI is InChI=1S/C23H27NO5/c1-23(2,3)29-22(27)24-14-18(13-20(24)21(25)26)28-15-17-11-7-8-12-19(17)16-9-5-4-6-10-16/h4-12,18,20H,13-15H2,1-3H3,(H,25,26)/t18-,20+/m1/s1. The maximum absolute atomic E-state index is 12.4. The summed E-state index contributed by atoms with van der Waals surface area (Å²) in [5.74, 6) is -1.05. The van der Waals surface area contributed by atoms with Gasteiger partial charge >= 0.3 is 12.1 Å². The highest BCUT2D eigenvalue weighted by Crippen LogP contribution is 2.27. The van der Waals surface area contributed by atoms with E-state index in [9.17, 15) is 14.7 Å². The fourth-order valence-corrected chi connectivity index (χ4v) is 3.43. The van der Waals surface area contributed by atoms with Crippen LogP contribution in [0.2, 0.25) is 0 Å². The number of ether oxygens (including phenoxy) is 2. The first-order chi connectivity index (χ1) is 13.7. The third-order valence-corrected chi connectivity index (χ3v) is 4.75. The second-order valence-electron chi connectivity index (χ2n) is 8.18. The van der Waals surface area contributed by atoms with Crippen molar-refractivity contribution in [2.75, 3.05) is 6.54 Å². The Morgan fingerprint density at radius 2 is 1.72 bits per heavy atom. The molecule has 1 saturated heterocycles. The number of carboxylic acids is 1. The van der Waals surface area contributed by atoms with Gasteiger partial charge in [-0.05, 0) is 37.5 Å². The zero-order valence-corrected chi connectivity index (χ0v) is 17.0. The molecule has 0 radical (unpaired) electrons. The number of likely N-dealkylation sites (tertiary alicyclic amines) is 1. The highest BCUT2D eigenvalue weighted by atomic mass is 16.6. The normalized spacial score (nSPS) is 19.2. The lowest BCUT2D eigenvalue weighted by Gasteiger charge is -2.26. The van der Waals surface area contributed by atoms with Crippen LogP contribution < -0.4 is 0 Å². The molecule has 2 atom stereocenters. The Morgan fingerprint density at radius 3 is 2.38 bits per heavy atom.